The molecule has 77 heavy (non-hydrogen) atoms. The first-order chi connectivity index (χ1) is 35.1. The fourth-order valence-electron chi connectivity index (χ4n) is 8.62. The maximum Gasteiger partial charge on any atom is 1.00 e. The molecule has 0 aromatic carbocycles. The molecule has 18 nitrogen and oxygen atoms in total. The number of carbonyl (C=O) groups excluding carboxylic acids is 7. The third-order valence-electron chi connectivity index (χ3n) is 13.5. The molecule has 0 spiro atoms. The maximum atomic E-state index is 14.1. The van der Waals surface area contributed by atoms with Gasteiger partial charge in [-0.15, -0.1) is 0 Å². The van der Waals surface area contributed by atoms with Crippen molar-refractivity contribution in [1.82, 2.24) is 47.4 Å². The first-order valence-corrected chi connectivity index (χ1v) is 28.2. The minimum absolute atomic E-state index is 0. The maximum absolute atomic E-state index is 14.1. The van der Waals surface area contributed by atoms with Crippen molar-refractivity contribution < 1.29 is 62.6 Å². The number of amides is 6. The van der Waals surface area contributed by atoms with Crippen LogP contribution in [-0.4, -0.2) is 137 Å². The molecule has 1 fully saturated rings. The van der Waals surface area contributed by atoms with Gasteiger partial charge in [0.25, 0.3) is 0 Å². The average molecular weight is 1080 g/mol. The van der Waals surface area contributed by atoms with Crippen molar-refractivity contribution in [2.45, 2.75) is 247 Å². The van der Waals surface area contributed by atoms with Gasteiger partial charge in [0, 0.05) is 12.6 Å². The van der Waals surface area contributed by atoms with Gasteiger partial charge >= 0.3 is 18.9 Å². The smallest absolute Gasteiger partial charge is 0.419 e. The normalized spacial score (nSPS) is 17.1. The van der Waals surface area contributed by atoms with Gasteiger partial charge in [-0.2, -0.15) is 18.4 Å². The van der Waals surface area contributed by atoms with E-state index in [1.807, 2.05) is 80.5 Å². The Balaban J connectivity index is 0. The van der Waals surface area contributed by atoms with Crippen LogP contribution < -0.4 is 61.4 Å². The molecule has 1 saturated carbocycles. The number of carbonyl (C=O) groups is 6. The molecule has 0 aromatic rings. The largest absolute Gasteiger partial charge is 1.00 e. The van der Waals surface area contributed by atoms with Gasteiger partial charge in [-0.3, -0.25) is 34.6 Å². The first kappa shape index (κ1) is 75.6. The Morgan fingerprint density at radius 1 is 0.675 bits per heavy atom. The van der Waals surface area contributed by atoms with Gasteiger partial charge < -0.3 is 69.9 Å². The van der Waals surface area contributed by atoms with E-state index >= 15 is 0 Å². The Kier molecular flexibility index (Phi) is 36.7. The van der Waals surface area contributed by atoms with Crippen molar-refractivity contribution in [3.05, 3.63) is 25.5 Å². The number of allylic oxidation sites excluding steroid dienone is 2. The second-order valence-electron chi connectivity index (χ2n) is 24.9. The minimum Gasteiger partial charge on any atom is -0.419 e. The van der Waals surface area contributed by atoms with E-state index in [4.69, 9.17) is 0 Å². The molecule has 0 aliphatic heterocycles. The standard InChI is InChI=1S/C51H97N9O8.C7H11O.Li/c1-31(2)23-26-41(61)53-37(25-24-36-21-19-18-20-22-36)42(62)54-39(28-33(5)6)44(64)57-49(10,11)47(67)56-38(27-32(3)4)43(63)55-40(29-34(7)8)45(65)58-51(14,15)48(68)59-50(12,13)46(66)52-35(9)30-60(16)17;1-3-7(2)5-4-6-8;/h26,31-40,46-47,52,56,66-67H,1,18-25,27-30H2,2-17H3,(H,53,61)(H,54,62)(H,55,63)(H,57,64)(H,58,65)(H,59,68);4-5,7H,3H2,1-2H3;/q-2;-1;+1/b;5-4+;/t31-,35-,37-,38-,39-,40-,46?,47?;7-;/m00./s1. The summed E-state index contributed by atoms with van der Waals surface area (Å²) in [6.07, 6.45) is 13.1. The topological polar surface area (TPSA) is 259 Å². The van der Waals surface area contributed by atoms with E-state index < -0.39 is 82.8 Å². The monoisotopic (exact) mass is 1080 g/mol. The van der Waals surface area contributed by atoms with Crippen molar-refractivity contribution in [1.29, 1.82) is 0 Å². The second-order valence-corrected chi connectivity index (χ2v) is 24.9. The number of nitrogens with zero attached hydrogens (tertiary/aromatic N) is 1. The zero-order valence-corrected chi connectivity index (χ0v) is 51.3. The van der Waals surface area contributed by atoms with Crippen LogP contribution in [0.2, 0.25) is 0 Å². The van der Waals surface area contributed by atoms with Gasteiger partial charge in [-0.05, 0) is 125 Å². The summed E-state index contributed by atoms with van der Waals surface area (Å²) in [7, 11) is 3.84. The predicted octanol–water partition coefficient (Wildman–Crippen LogP) is 2.53. The minimum atomic E-state index is -1.47. The molecule has 6 amide bonds. The fourth-order valence-corrected chi connectivity index (χ4v) is 8.62. The summed E-state index contributed by atoms with van der Waals surface area (Å²) >= 11 is 0. The van der Waals surface area contributed by atoms with Crippen LogP contribution in [0.25, 0.3) is 0 Å². The van der Waals surface area contributed by atoms with E-state index in [1.54, 1.807) is 47.8 Å². The van der Waals surface area contributed by atoms with Crippen molar-refractivity contribution >= 4 is 41.7 Å². The summed E-state index contributed by atoms with van der Waals surface area (Å²) in [5, 5.41) is 46.0. The van der Waals surface area contributed by atoms with Crippen LogP contribution in [0.3, 0.4) is 0 Å². The summed E-state index contributed by atoms with van der Waals surface area (Å²) in [5.74, 6) is -2.09. The molecule has 1 aliphatic rings. The van der Waals surface area contributed by atoms with E-state index in [0.29, 0.717) is 31.2 Å². The number of hydrogen-bond acceptors (Lipinski definition) is 12. The van der Waals surface area contributed by atoms with Crippen molar-refractivity contribution in [3.63, 3.8) is 0 Å². The van der Waals surface area contributed by atoms with Crippen LogP contribution in [0.5, 0.6) is 0 Å². The van der Waals surface area contributed by atoms with E-state index in [1.165, 1.54) is 18.9 Å². The zero-order valence-electron chi connectivity index (χ0n) is 51.3. The SMILES string of the molecule is CC[C@H](C)/C=C/[C-]=O.[CH2-][C@@H](C)C[CH-]C(=O)N[C@@H](CCC1CCCCC1)C(=O)N[C@@H](CC(C)C)C(=O)NC(C)(C)C(O)N[C@@H](CC(C)C)C(=O)N[C@@H](CC(C)C)C(=O)NC(C)(C)C(=O)NC(C)(C)C(O)N[C@@H](C)CN(C)C.[Li+]. The Bertz CT molecular complexity index is 1790. The van der Waals surface area contributed by atoms with E-state index in [-0.39, 0.29) is 73.7 Å². The van der Waals surface area contributed by atoms with Gasteiger partial charge in [0.05, 0.1) is 23.0 Å². The summed E-state index contributed by atoms with van der Waals surface area (Å²) in [5.41, 5.74) is -3.93. The zero-order chi connectivity index (χ0) is 58.7. The first-order valence-electron chi connectivity index (χ1n) is 28.2. The number of rotatable bonds is 34. The van der Waals surface area contributed by atoms with Gasteiger partial charge in [-0.25, -0.2) is 6.08 Å². The molecule has 1 rings (SSSR count). The molecule has 0 bridgehead atoms. The molecule has 0 saturated heterocycles. The molecule has 9 atom stereocenters. The fraction of sp³-hybridized carbons (Fsp3) is 0.810. The summed E-state index contributed by atoms with van der Waals surface area (Å²) in [6, 6.07) is -3.98. The summed E-state index contributed by atoms with van der Waals surface area (Å²) < 4.78 is 0. The Morgan fingerprint density at radius 2 is 1.14 bits per heavy atom. The van der Waals surface area contributed by atoms with Crippen molar-refractivity contribution in [2.75, 3.05) is 20.6 Å². The Labute approximate surface area is 478 Å². The van der Waals surface area contributed by atoms with Gasteiger partial charge in [-0.1, -0.05) is 107 Å². The molecule has 0 heterocycles. The number of nitrogens with one attached hydrogen (secondary N) is 8. The van der Waals surface area contributed by atoms with Crippen LogP contribution >= 0.6 is 0 Å². The van der Waals surface area contributed by atoms with E-state index in [2.05, 4.69) is 63.3 Å². The van der Waals surface area contributed by atoms with Crippen LogP contribution in [0.4, 0.5) is 0 Å². The number of aliphatic hydroxyl groups is 2. The third-order valence-corrected chi connectivity index (χ3v) is 13.5. The van der Waals surface area contributed by atoms with Crippen molar-refractivity contribution in [3.8, 4) is 0 Å². The van der Waals surface area contributed by atoms with Crippen LogP contribution in [0.15, 0.2) is 12.2 Å². The van der Waals surface area contributed by atoms with E-state index in [9.17, 15) is 43.8 Å². The van der Waals surface area contributed by atoms with Crippen LogP contribution in [0, 0.1) is 48.9 Å². The van der Waals surface area contributed by atoms with E-state index in [0.717, 1.165) is 38.5 Å². The predicted molar refractivity (Wildman–Crippen MR) is 304 cm³/mol. The molecule has 0 aromatic heterocycles. The molecule has 10 N–H and O–H groups in total. The quantitative estimate of drug-likeness (QED) is 0.0193. The molecule has 19 heteroatoms. The molecule has 2 unspecified atom stereocenters. The molecular weight excluding hydrogens is 974 g/mol. The average Bonchev–Trinajstić information content (AvgIpc) is 3.29. The number of likely N-dealkylation sites (N-methyl/N-ethyl adjacent to an activating group) is 1. The molecule has 1 aliphatic carbocycles. The van der Waals surface area contributed by atoms with Gasteiger partial charge in [0.1, 0.15) is 36.1 Å². The summed E-state index contributed by atoms with van der Waals surface area (Å²) in [6.45, 7) is 33.8. The van der Waals surface area contributed by atoms with Gasteiger partial charge in [0.2, 0.25) is 29.5 Å². The summed E-state index contributed by atoms with van der Waals surface area (Å²) in [4.78, 5) is 94.3. The Morgan fingerprint density at radius 3 is 1.61 bits per heavy atom. The third kappa shape index (κ3) is 32.4. The Hall–Kier alpha value is -3.50. The molecule has 442 valence electrons. The van der Waals surface area contributed by atoms with Crippen molar-refractivity contribution in [2.24, 2.45) is 35.5 Å². The molecule has 0 radical (unpaired) electrons. The van der Waals surface area contributed by atoms with Gasteiger partial charge in [0.15, 0.2) is 0 Å². The number of hydrogen-bond donors (Lipinski definition) is 10. The van der Waals surface area contributed by atoms with Crippen LogP contribution in [0.1, 0.15) is 188 Å². The second kappa shape index (κ2) is 37.4. The van der Waals surface area contributed by atoms with Crippen LogP contribution in [-0.2, 0) is 33.6 Å². The number of aliphatic hydroxyl groups excluding tert-OH is 2. The molecular formula is C58H108LiN9O9-2.